The molecule has 10 rings (SSSR count). The fourth-order valence-electron chi connectivity index (χ4n) is 8.01. The molecule has 0 aliphatic heterocycles. The lowest BCUT2D eigenvalue weighted by Crippen LogP contribution is -1.94. The predicted molar refractivity (Wildman–Crippen MR) is 206 cm³/mol. The highest BCUT2D eigenvalue weighted by molar-refractivity contribution is 6.33. The number of fused-ring (bicyclic) bond motifs is 10. The van der Waals surface area contributed by atoms with Gasteiger partial charge in [0.15, 0.2) is 0 Å². The van der Waals surface area contributed by atoms with Crippen LogP contribution in [-0.4, -0.2) is 4.98 Å². The van der Waals surface area contributed by atoms with Gasteiger partial charge in [-0.2, -0.15) is 0 Å². The second-order valence-corrected chi connectivity index (χ2v) is 12.6. The second kappa shape index (κ2) is 10.6. The molecule has 0 bridgehead atoms. The van der Waals surface area contributed by atoms with Crippen LogP contribution in [0.15, 0.2) is 176 Å². The summed E-state index contributed by atoms with van der Waals surface area (Å²) in [7, 11) is 0. The van der Waals surface area contributed by atoms with Crippen molar-refractivity contribution in [1.29, 1.82) is 0 Å². The van der Waals surface area contributed by atoms with Crippen LogP contribution in [-0.2, 0) is 0 Å². The SMILES string of the molecule is c1ccc(-c2c3ccccc3c(-c3cccc(-c4nc5ccccc5c5c6ccccc6c6ccccc6c45)c3)c3ccccc23)cc1. The minimum absolute atomic E-state index is 1.01. The molecule has 10 aromatic rings. The van der Waals surface area contributed by atoms with Crippen molar-refractivity contribution in [2.75, 3.05) is 0 Å². The van der Waals surface area contributed by atoms with E-state index in [4.69, 9.17) is 4.98 Å². The molecular weight excluding hydrogens is 579 g/mol. The van der Waals surface area contributed by atoms with E-state index in [9.17, 15) is 0 Å². The topological polar surface area (TPSA) is 12.9 Å². The molecule has 1 heteroatoms. The zero-order valence-electron chi connectivity index (χ0n) is 26.2. The van der Waals surface area contributed by atoms with E-state index in [2.05, 4.69) is 176 Å². The molecule has 0 N–H and O–H groups in total. The van der Waals surface area contributed by atoms with Gasteiger partial charge in [-0.3, -0.25) is 0 Å². The third-order valence-electron chi connectivity index (χ3n) is 9.99. The summed E-state index contributed by atoms with van der Waals surface area (Å²) in [5.41, 5.74) is 8.09. The second-order valence-electron chi connectivity index (χ2n) is 12.6. The summed E-state index contributed by atoms with van der Waals surface area (Å²) in [5.74, 6) is 0. The smallest absolute Gasteiger partial charge is 0.0794 e. The van der Waals surface area contributed by atoms with E-state index >= 15 is 0 Å². The summed E-state index contributed by atoms with van der Waals surface area (Å²) in [6, 6.07) is 63.8. The Labute approximate surface area is 278 Å². The summed E-state index contributed by atoms with van der Waals surface area (Å²) < 4.78 is 0. The number of para-hydroxylation sites is 1. The molecule has 0 unspecified atom stereocenters. The monoisotopic (exact) mass is 607 g/mol. The van der Waals surface area contributed by atoms with Crippen LogP contribution in [0, 0.1) is 0 Å². The lowest BCUT2D eigenvalue weighted by Gasteiger charge is -2.19. The van der Waals surface area contributed by atoms with Gasteiger partial charge >= 0.3 is 0 Å². The fraction of sp³-hybridized carbons (Fsp3) is 0. The first-order valence-electron chi connectivity index (χ1n) is 16.6. The molecule has 0 aliphatic rings. The Hall–Kier alpha value is -6.31. The van der Waals surface area contributed by atoms with Gasteiger partial charge in [-0.1, -0.05) is 164 Å². The van der Waals surface area contributed by atoms with Crippen LogP contribution in [0.2, 0.25) is 0 Å². The molecule has 1 heterocycles. The molecular formula is C47H29N. The van der Waals surface area contributed by atoms with Crippen LogP contribution in [0.3, 0.4) is 0 Å². The number of nitrogens with zero attached hydrogens (tertiary/aromatic N) is 1. The van der Waals surface area contributed by atoms with E-state index in [1.807, 2.05) is 0 Å². The third kappa shape index (κ3) is 3.95. The molecule has 0 saturated heterocycles. The molecule has 0 radical (unpaired) electrons. The average molecular weight is 608 g/mol. The quantitative estimate of drug-likeness (QED) is 0.144. The molecule has 0 aliphatic carbocycles. The summed E-state index contributed by atoms with van der Waals surface area (Å²) in [5, 5.41) is 13.7. The normalized spacial score (nSPS) is 11.8. The third-order valence-corrected chi connectivity index (χ3v) is 9.99. The Morgan fingerprint density at radius 2 is 0.688 bits per heavy atom. The molecule has 1 nitrogen and oxygen atoms in total. The van der Waals surface area contributed by atoms with Crippen molar-refractivity contribution in [3.63, 3.8) is 0 Å². The minimum Gasteiger partial charge on any atom is -0.247 e. The van der Waals surface area contributed by atoms with Crippen molar-refractivity contribution < 1.29 is 0 Å². The van der Waals surface area contributed by atoms with Crippen LogP contribution in [0.25, 0.3) is 98.3 Å². The van der Waals surface area contributed by atoms with Crippen LogP contribution >= 0.6 is 0 Å². The van der Waals surface area contributed by atoms with E-state index in [0.29, 0.717) is 0 Å². The molecule has 0 spiro atoms. The largest absolute Gasteiger partial charge is 0.247 e. The van der Waals surface area contributed by atoms with Crippen LogP contribution in [0.1, 0.15) is 0 Å². The van der Waals surface area contributed by atoms with Gasteiger partial charge in [0.2, 0.25) is 0 Å². The minimum atomic E-state index is 1.01. The summed E-state index contributed by atoms with van der Waals surface area (Å²) in [4.78, 5) is 5.44. The predicted octanol–water partition coefficient (Wildman–Crippen LogP) is 13.0. The van der Waals surface area contributed by atoms with Crippen LogP contribution in [0.5, 0.6) is 0 Å². The average Bonchev–Trinajstić information content (AvgIpc) is 3.16. The number of hydrogen-bond donors (Lipinski definition) is 0. The van der Waals surface area contributed by atoms with Gasteiger partial charge in [-0.25, -0.2) is 4.98 Å². The van der Waals surface area contributed by atoms with Gasteiger partial charge in [0.25, 0.3) is 0 Å². The number of pyridine rings is 1. The maximum absolute atomic E-state index is 5.44. The summed E-state index contributed by atoms with van der Waals surface area (Å²) in [6.45, 7) is 0. The van der Waals surface area contributed by atoms with Gasteiger partial charge in [-0.05, 0) is 77.5 Å². The molecule has 1 aromatic heterocycles. The Bertz CT molecular complexity index is 2830. The molecule has 48 heavy (non-hydrogen) atoms. The highest BCUT2D eigenvalue weighted by Gasteiger charge is 2.20. The van der Waals surface area contributed by atoms with Gasteiger partial charge in [0, 0.05) is 21.7 Å². The number of rotatable bonds is 3. The van der Waals surface area contributed by atoms with Gasteiger partial charge < -0.3 is 0 Å². The maximum atomic E-state index is 5.44. The van der Waals surface area contributed by atoms with Gasteiger partial charge in [-0.15, -0.1) is 0 Å². The van der Waals surface area contributed by atoms with E-state index in [-0.39, 0.29) is 0 Å². The van der Waals surface area contributed by atoms with Gasteiger partial charge in [0.05, 0.1) is 11.2 Å². The van der Waals surface area contributed by atoms with Crippen molar-refractivity contribution in [3.05, 3.63) is 176 Å². The zero-order valence-corrected chi connectivity index (χ0v) is 26.2. The summed E-state index contributed by atoms with van der Waals surface area (Å²) in [6.07, 6.45) is 0. The van der Waals surface area contributed by atoms with E-state index in [1.165, 1.54) is 81.5 Å². The van der Waals surface area contributed by atoms with Crippen molar-refractivity contribution in [1.82, 2.24) is 4.98 Å². The molecule has 0 amide bonds. The van der Waals surface area contributed by atoms with Crippen molar-refractivity contribution in [2.45, 2.75) is 0 Å². The number of benzene rings is 9. The molecule has 0 saturated carbocycles. The van der Waals surface area contributed by atoms with Gasteiger partial charge in [0.1, 0.15) is 0 Å². The molecule has 0 fully saturated rings. The van der Waals surface area contributed by atoms with Crippen molar-refractivity contribution in [3.8, 4) is 33.5 Å². The standard InChI is InChI=1S/C47H29N/c1-2-15-30(16-3-1)43-37-23-8-10-25-39(37)44(40-26-11-9-24-38(40)43)31-17-14-18-32(29-31)47-46-36-22-7-5-20-34(36)33-19-4-6-21-35(33)45(46)41-27-12-13-28-42(41)48-47/h1-29H. The lowest BCUT2D eigenvalue weighted by molar-refractivity contribution is 1.43. The first-order valence-corrected chi connectivity index (χ1v) is 16.6. The number of hydrogen-bond acceptors (Lipinski definition) is 1. The van der Waals surface area contributed by atoms with Crippen LogP contribution in [0.4, 0.5) is 0 Å². The summed E-state index contributed by atoms with van der Waals surface area (Å²) >= 11 is 0. The van der Waals surface area contributed by atoms with Crippen molar-refractivity contribution >= 4 is 64.8 Å². The van der Waals surface area contributed by atoms with Crippen molar-refractivity contribution in [2.24, 2.45) is 0 Å². The first kappa shape index (κ1) is 26.9. The molecule has 0 atom stereocenters. The van der Waals surface area contributed by atoms with E-state index in [1.54, 1.807) is 0 Å². The molecule has 9 aromatic carbocycles. The van der Waals surface area contributed by atoms with E-state index < -0.39 is 0 Å². The molecule has 222 valence electrons. The number of aromatic nitrogens is 1. The van der Waals surface area contributed by atoms with E-state index in [0.717, 1.165) is 16.8 Å². The fourth-order valence-corrected chi connectivity index (χ4v) is 8.01. The Kier molecular flexibility index (Phi) is 5.94. The van der Waals surface area contributed by atoms with Crippen LogP contribution < -0.4 is 0 Å². The highest BCUT2D eigenvalue weighted by Crippen LogP contribution is 2.46. The lowest BCUT2D eigenvalue weighted by atomic mass is 9.85. The first-order chi connectivity index (χ1) is 23.8. The zero-order chi connectivity index (χ0) is 31.6. The Balaban J connectivity index is 1.32. The Morgan fingerprint density at radius 3 is 1.29 bits per heavy atom. The Morgan fingerprint density at radius 1 is 0.271 bits per heavy atom. The maximum Gasteiger partial charge on any atom is 0.0794 e. The highest BCUT2D eigenvalue weighted by atomic mass is 14.7.